The van der Waals surface area contributed by atoms with E-state index in [0.29, 0.717) is 10.4 Å². The first-order valence-electron chi connectivity index (χ1n) is 7.45. The van der Waals surface area contributed by atoms with Crippen LogP contribution in [0.1, 0.15) is 11.1 Å². The lowest BCUT2D eigenvalue weighted by Crippen LogP contribution is -2.37. The fraction of sp³-hybridized carbons (Fsp3) is 0.176. The normalized spacial score (nSPS) is 11.5. The molecule has 0 saturated carbocycles. The quantitative estimate of drug-likeness (QED) is 0.840. The molecule has 0 aliphatic heterocycles. The third-order valence-electron chi connectivity index (χ3n) is 3.42. The minimum Gasteiger partial charge on any atom is -0.324 e. The van der Waals surface area contributed by atoms with Crippen molar-refractivity contribution in [3.63, 3.8) is 0 Å². The number of carbonyl (C=O) groups is 1. The molecule has 6 nitrogen and oxygen atoms in total. The van der Waals surface area contributed by atoms with Gasteiger partial charge in [-0.25, -0.2) is 8.42 Å². The molecule has 0 aromatic heterocycles. The number of nitrogens with zero attached hydrogens (tertiary/aromatic N) is 2. The Morgan fingerprint density at radius 3 is 2.44 bits per heavy atom. The van der Waals surface area contributed by atoms with Crippen molar-refractivity contribution in [2.75, 3.05) is 22.4 Å². The van der Waals surface area contributed by atoms with Crippen LogP contribution in [0.4, 0.5) is 24.5 Å². The SMILES string of the molecule is CS(=O)(=O)N(CC(=O)Nc1cccc(C#N)c1)c1cccc(C(F)(F)F)c1. The third-order valence-corrected chi connectivity index (χ3v) is 4.57. The molecule has 2 rings (SSSR count). The molecule has 0 radical (unpaired) electrons. The van der Waals surface area contributed by atoms with Gasteiger partial charge in [-0.2, -0.15) is 18.4 Å². The second kappa shape index (κ2) is 7.67. The summed E-state index contributed by atoms with van der Waals surface area (Å²) >= 11 is 0. The van der Waals surface area contributed by atoms with Gasteiger partial charge in [0.1, 0.15) is 6.54 Å². The highest BCUT2D eigenvalue weighted by Gasteiger charge is 2.32. The van der Waals surface area contributed by atoms with Crippen LogP contribution in [-0.4, -0.2) is 27.1 Å². The Morgan fingerprint density at radius 2 is 1.85 bits per heavy atom. The molecule has 2 aromatic carbocycles. The summed E-state index contributed by atoms with van der Waals surface area (Å²) in [6.45, 7) is -0.725. The maximum absolute atomic E-state index is 12.9. The summed E-state index contributed by atoms with van der Waals surface area (Å²) < 4.78 is 63.2. The largest absolute Gasteiger partial charge is 0.416 e. The molecule has 27 heavy (non-hydrogen) atoms. The number of hydrogen-bond donors (Lipinski definition) is 1. The lowest BCUT2D eigenvalue weighted by atomic mass is 10.2. The standard InChI is InChI=1S/C17H14F3N3O3S/c1-27(25,26)23(15-7-3-5-13(9-15)17(18,19)20)11-16(24)22-14-6-2-4-12(8-14)10-21/h2-9H,11H2,1H3,(H,22,24). The second-order valence-electron chi connectivity index (χ2n) is 5.56. The van der Waals surface area contributed by atoms with Gasteiger partial charge in [-0.1, -0.05) is 12.1 Å². The minimum atomic E-state index is -4.65. The van der Waals surface area contributed by atoms with Gasteiger partial charge in [0, 0.05) is 5.69 Å². The molecule has 2 aromatic rings. The Labute approximate surface area is 153 Å². The molecule has 0 fully saturated rings. The number of rotatable bonds is 5. The van der Waals surface area contributed by atoms with Gasteiger partial charge in [0.05, 0.1) is 29.1 Å². The zero-order valence-corrected chi connectivity index (χ0v) is 14.8. The number of amides is 1. The first-order chi connectivity index (χ1) is 12.5. The van der Waals surface area contributed by atoms with Gasteiger partial charge in [-0.3, -0.25) is 9.10 Å². The van der Waals surface area contributed by atoms with Crippen molar-refractivity contribution in [2.45, 2.75) is 6.18 Å². The van der Waals surface area contributed by atoms with Crippen LogP contribution in [0, 0.1) is 11.3 Å². The summed E-state index contributed by atoms with van der Waals surface area (Å²) in [5.41, 5.74) is -0.772. The first-order valence-corrected chi connectivity index (χ1v) is 9.30. The predicted molar refractivity (Wildman–Crippen MR) is 93.4 cm³/mol. The number of alkyl halides is 3. The molecule has 1 amide bonds. The highest BCUT2D eigenvalue weighted by atomic mass is 32.2. The summed E-state index contributed by atoms with van der Waals surface area (Å²) in [5.74, 6) is -0.770. The van der Waals surface area contributed by atoms with Crippen LogP contribution in [0.3, 0.4) is 0 Å². The molecule has 0 saturated heterocycles. The fourth-order valence-corrected chi connectivity index (χ4v) is 3.08. The third kappa shape index (κ3) is 5.46. The number of hydrogen-bond acceptors (Lipinski definition) is 4. The van der Waals surface area contributed by atoms with Gasteiger partial charge in [-0.05, 0) is 36.4 Å². The van der Waals surface area contributed by atoms with Crippen molar-refractivity contribution in [3.8, 4) is 6.07 Å². The lowest BCUT2D eigenvalue weighted by Gasteiger charge is -2.22. The Bertz CT molecular complexity index is 998. The van der Waals surface area contributed by atoms with Gasteiger partial charge < -0.3 is 5.32 Å². The van der Waals surface area contributed by atoms with Crippen LogP contribution >= 0.6 is 0 Å². The Hall–Kier alpha value is -3.06. The molecule has 0 unspecified atom stereocenters. The maximum atomic E-state index is 12.9. The maximum Gasteiger partial charge on any atom is 0.416 e. The smallest absolute Gasteiger partial charge is 0.324 e. The van der Waals surface area contributed by atoms with Gasteiger partial charge in [0.15, 0.2) is 0 Å². The summed E-state index contributed by atoms with van der Waals surface area (Å²) in [5, 5.41) is 11.3. The number of anilines is 2. The van der Waals surface area contributed by atoms with Crippen molar-refractivity contribution in [1.29, 1.82) is 5.26 Å². The lowest BCUT2D eigenvalue weighted by molar-refractivity contribution is -0.137. The van der Waals surface area contributed by atoms with Crippen molar-refractivity contribution >= 4 is 27.3 Å². The van der Waals surface area contributed by atoms with Gasteiger partial charge >= 0.3 is 6.18 Å². The molecule has 1 N–H and O–H groups in total. The van der Waals surface area contributed by atoms with E-state index < -0.39 is 34.2 Å². The van der Waals surface area contributed by atoms with Crippen LogP contribution in [0.2, 0.25) is 0 Å². The van der Waals surface area contributed by atoms with Crippen molar-refractivity contribution in [1.82, 2.24) is 0 Å². The molecule has 0 aliphatic rings. The Balaban J connectivity index is 2.28. The number of benzene rings is 2. The zero-order chi connectivity index (χ0) is 20.2. The van der Waals surface area contributed by atoms with Gasteiger partial charge in [-0.15, -0.1) is 0 Å². The summed E-state index contributed by atoms with van der Waals surface area (Å²) in [7, 11) is -4.03. The molecular weight excluding hydrogens is 383 g/mol. The molecule has 0 aliphatic carbocycles. The Morgan fingerprint density at radius 1 is 1.19 bits per heavy atom. The summed E-state index contributed by atoms with van der Waals surface area (Å²) in [4.78, 5) is 12.2. The second-order valence-corrected chi connectivity index (χ2v) is 7.47. The molecule has 0 heterocycles. The van der Waals surface area contributed by atoms with Crippen LogP contribution < -0.4 is 9.62 Å². The minimum absolute atomic E-state index is 0.261. The molecule has 142 valence electrons. The van der Waals surface area contributed by atoms with E-state index >= 15 is 0 Å². The van der Waals surface area contributed by atoms with E-state index in [2.05, 4.69) is 5.32 Å². The average molecular weight is 397 g/mol. The van der Waals surface area contributed by atoms with Gasteiger partial charge in [0.2, 0.25) is 15.9 Å². The van der Waals surface area contributed by atoms with E-state index in [-0.39, 0.29) is 16.9 Å². The van der Waals surface area contributed by atoms with Crippen molar-refractivity contribution in [3.05, 3.63) is 59.7 Å². The molecule has 0 atom stereocenters. The van der Waals surface area contributed by atoms with Crippen molar-refractivity contribution < 1.29 is 26.4 Å². The van der Waals surface area contributed by atoms with Crippen molar-refractivity contribution in [2.24, 2.45) is 0 Å². The van der Waals surface area contributed by atoms with E-state index in [1.807, 2.05) is 6.07 Å². The monoisotopic (exact) mass is 397 g/mol. The number of sulfonamides is 1. The van der Waals surface area contributed by atoms with E-state index in [4.69, 9.17) is 5.26 Å². The molecule has 0 spiro atoms. The van der Waals surface area contributed by atoms with E-state index in [1.165, 1.54) is 30.3 Å². The predicted octanol–water partition coefficient (Wildman–Crippen LogP) is 2.98. The van der Waals surface area contributed by atoms with E-state index in [9.17, 15) is 26.4 Å². The van der Waals surface area contributed by atoms with Crippen LogP contribution in [-0.2, 0) is 21.0 Å². The van der Waals surface area contributed by atoms with E-state index in [1.54, 1.807) is 0 Å². The molecular formula is C17H14F3N3O3S. The van der Waals surface area contributed by atoms with Crippen LogP contribution in [0.5, 0.6) is 0 Å². The topological polar surface area (TPSA) is 90.3 Å². The highest BCUT2D eigenvalue weighted by Crippen LogP contribution is 2.32. The first kappa shape index (κ1) is 20.3. The fourth-order valence-electron chi connectivity index (χ4n) is 2.23. The number of nitrogens with one attached hydrogen (secondary N) is 1. The number of halogens is 3. The average Bonchev–Trinajstić information content (AvgIpc) is 2.58. The number of carbonyl (C=O) groups excluding carboxylic acids is 1. The summed E-state index contributed by atoms with van der Waals surface area (Å²) in [6, 6.07) is 11.5. The van der Waals surface area contributed by atoms with E-state index in [0.717, 1.165) is 18.4 Å². The number of nitriles is 1. The molecule has 10 heteroatoms. The van der Waals surface area contributed by atoms with Gasteiger partial charge in [0.25, 0.3) is 0 Å². The Kier molecular flexibility index (Phi) is 5.75. The molecule has 0 bridgehead atoms. The highest BCUT2D eigenvalue weighted by molar-refractivity contribution is 7.92. The summed E-state index contributed by atoms with van der Waals surface area (Å²) in [6.07, 6.45) is -3.87. The van der Waals surface area contributed by atoms with Crippen LogP contribution in [0.15, 0.2) is 48.5 Å². The van der Waals surface area contributed by atoms with Crippen LogP contribution in [0.25, 0.3) is 0 Å². The zero-order valence-electron chi connectivity index (χ0n) is 14.0.